The van der Waals surface area contributed by atoms with Crippen LogP contribution in [0.15, 0.2) is 0 Å². The molecule has 1 atom stereocenters. The van der Waals surface area contributed by atoms with Crippen LogP contribution < -0.4 is 10.0 Å². The van der Waals surface area contributed by atoms with Gasteiger partial charge in [0, 0.05) is 6.54 Å². The standard InChI is InChI=1S/C10H20N2O3S/c1-10(2,3)16(14,15)12-9(13)8-5-4-6-11-7-8/h8,11H,4-7H2,1-3H3,(H,12,13). The average molecular weight is 248 g/mol. The Hall–Kier alpha value is -0.620. The van der Waals surface area contributed by atoms with Crippen molar-refractivity contribution < 1.29 is 13.2 Å². The van der Waals surface area contributed by atoms with Gasteiger partial charge in [-0.2, -0.15) is 0 Å². The maximum Gasteiger partial charge on any atom is 0.239 e. The van der Waals surface area contributed by atoms with E-state index in [0.717, 1.165) is 19.4 Å². The Morgan fingerprint density at radius 3 is 2.44 bits per heavy atom. The van der Waals surface area contributed by atoms with E-state index in [-0.39, 0.29) is 11.8 Å². The SMILES string of the molecule is CC(C)(C)S(=O)(=O)NC(=O)C1CCCNC1. The molecule has 2 N–H and O–H groups in total. The second kappa shape index (κ2) is 4.71. The van der Waals surface area contributed by atoms with E-state index in [1.807, 2.05) is 0 Å². The molecular formula is C10H20N2O3S. The quantitative estimate of drug-likeness (QED) is 0.733. The summed E-state index contributed by atoms with van der Waals surface area (Å²) in [6.45, 7) is 6.17. The summed E-state index contributed by atoms with van der Waals surface area (Å²) >= 11 is 0. The fourth-order valence-corrected chi connectivity index (χ4v) is 2.18. The van der Waals surface area contributed by atoms with Gasteiger partial charge in [-0.05, 0) is 40.2 Å². The number of carbonyl (C=O) groups excluding carboxylic acids is 1. The highest BCUT2D eigenvalue weighted by Crippen LogP contribution is 2.15. The molecular weight excluding hydrogens is 228 g/mol. The van der Waals surface area contributed by atoms with Crippen LogP contribution in [-0.2, 0) is 14.8 Å². The summed E-state index contributed by atoms with van der Waals surface area (Å²) in [5.41, 5.74) is 0. The zero-order valence-electron chi connectivity index (χ0n) is 10.0. The number of carbonyl (C=O) groups is 1. The van der Waals surface area contributed by atoms with Gasteiger partial charge in [0.05, 0.1) is 10.7 Å². The lowest BCUT2D eigenvalue weighted by Gasteiger charge is -2.25. The molecule has 0 saturated carbocycles. The summed E-state index contributed by atoms with van der Waals surface area (Å²) in [7, 11) is -3.57. The van der Waals surface area contributed by atoms with Gasteiger partial charge >= 0.3 is 0 Å². The van der Waals surface area contributed by atoms with Gasteiger partial charge in [0.25, 0.3) is 0 Å². The van der Waals surface area contributed by atoms with E-state index in [4.69, 9.17) is 0 Å². The van der Waals surface area contributed by atoms with E-state index >= 15 is 0 Å². The van der Waals surface area contributed by atoms with Crippen molar-refractivity contribution in [3.8, 4) is 0 Å². The minimum atomic E-state index is -3.57. The monoisotopic (exact) mass is 248 g/mol. The van der Waals surface area contributed by atoms with Crippen LogP contribution in [-0.4, -0.2) is 32.2 Å². The number of piperidine rings is 1. The van der Waals surface area contributed by atoms with Crippen LogP contribution in [0.2, 0.25) is 0 Å². The molecule has 0 aromatic carbocycles. The molecule has 0 bridgehead atoms. The molecule has 1 heterocycles. The summed E-state index contributed by atoms with van der Waals surface area (Å²) in [5, 5.41) is 3.08. The van der Waals surface area contributed by atoms with Crippen LogP contribution >= 0.6 is 0 Å². The predicted octanol–water partition coefficient (Wildman–Crippen LogP) is 0.231. The van der Waals surface area contributed by atoms with Crippen molar-refractivity contribution in [1.82, 2.24) is 10.0 Å². The minimum absolute atomic E-state index is 0.231. The number of rotatable bonds is 2. The molecule has 0 aromatic rings. The number of hydrogen-bond donors (Lipinski definition) is 2. The summed E-state index contributed by atoms with van der Waals surface area (Å²) in [4.78, 5) is 11.7. The largest absolute Gasteiger partial charge is 0.316 e. The topological polar surface area (TPSA) is 75.3 Å². The van der Waals surface area contributed by atoms with Gasteiger partial charge in [0.2, 0.25) is 15.9 Å². The summed E-state index contributed by atoms with van der Waals surface area (Å²) in [6, 6.07) is 0. The molecule has 0 aromatic heterocycles. The second-order valence-corrected chi connectivity index (χ2v) is 7.56. The van der Waals surface area contributed by atoms with Gasteiger partial charge < -0.3 is 5.32 Å². The van der Waals surface area contributed by atoms with Crippen LogP contribution in [0.5, 0.6) is 0 Å². The molecule has 0 aliphatic carbocycles. The van der Waals surface area contributed by atoms with Gasteiger partial charge in [-0.1, -0.05) is 0 Å². The normalized spacial score (nSPS) is 22.8. The molecule has 5 nitrogen and oxygen atoms in total. The second-order valence-electron chi connectivity index (χ2n) is 5.13. The third kappa shape index (κ3) is 3.18. The van der Waals surface area contributed by atoms with Crippen LogP contribution in [0.25, 0.3) is 0 Å². The first-order valence-corrected chi connectivity index (χ1v) is 6.99. The Balaban J connectivity index is 2.64. The Kier molecular flexibility index (Phi) is 3.96. The molecule has 94 valence electrons. The smallest absolute Gasteiger partial charge is 0.239 e. The van der Waals surface area contributed by atoms with Crippen molar-refractivity contribution in [2.45, 2.75) is 38.4 Å². The molecule has 16 heavy (non-hydrogen) atoms. The van der Waals surface area contributed by atoms with Crippen molar-refractivity contribution in [1.29, 1.82) is 0 Å². The van der Waals surface area contributed by atoms with Crippen molar-refractivity contribution in [3.63, 3.8) is 0 Å². The molecule has 6 heteroatoms. The van der Waals surface area contributed by atoms with Crippen LogP contribution in [0, 0.1) is 5.92 Å². The third-order valence-corrected chi connectivity index (χ3v) is 4.79. The van der Waals surface area contributed by atoms with Crippen LogP contribution in [0.3, 0.4) is 0 Å². The van der Waals surface area contributed by atoms with Gasteiger partial charge in [-0.3, -0.25) is 9.52 Å². The lowest BCUT2D eigenvalue weighted by molar-refractivity contribution is -0.123. The highest BCUT2D eigenvalue weighted by Gasteiger charge is 2.33. The van der Waals surface area contributed by atoms with E-state index in [2.05, 4.69) is 10.0 Å². The molecule has 1 unspecified atom stereocenters. The average Bonchev–Trinajstić information content (AvgIpc) is 2.16. The molecule has 1 fully saturated rings. The van der Waals surface area contributed by atoms with Crippen molar-refractivity contribution in [2.75, 3.05) is 13.1 Å². The molecule has 1 saturated heterocycles. The Bertz CT molecular complexity index is 351. The van der Waals surface area contributed by atoms with Gasteiger partial charge in [-0.15, -0.1) is 0 Å². The number of sulfonamides is 1. The van der Waals surface area contributed by atoms with Crippen molar-refractivity contribution in [3.05, 3.63) is 0 Å². The summed E-state index contributed by atoms with van der Waals surface area (Å²) in [6.07, 6.45) is 1.66. The van der Waals surface area contributed by atoms with E-state index < -0.39 is 14.8 Å². The molecule has 1 amide bonds. The number of amides is 1. The maximum absolute atomic E-state index is 11.8. The molecule has 0 radical (unpaired) electrons. The number of nitrogens with one attached hydrogen (secondary N) is 2. The Morgan fingerprint density at radius 2 is 2.00 bits per heavy atom. The van der Waals surface area contributed by atoms with E-state index in [1.165, 1.54) is 0 Å². The highest BCUT2D eigenvalue weighted by molar-refractivity contribution is 7.91. The Morgan fingerprint density at radius 1 is 1.38 bits per heavy atom. The van der Waals surface area contributed by atoms with Gasteiger partial charge in [-0.25, -0.2) is 8.42 Å². The van der Waals surface area contributed by atoms with E-state index in [0.29, 0.717) is 6.54 Å². The zero-order chi connectivity index (χ0) is 12.4. The first kappa shape index (κ1) is 13.4. The summed E-state index contributed by atoms with van der Waals surface area (Å²) in [5.74, 6) is -0.618. The van der Waals surface area contributed by atoms with Gasteiger partial charge in [0.15, 0.2) is 0 Å². The fraction of sp³-hybridized carbons (Fsp3) is 0.900. The van der Waals surface area contributed by atoms with Crippen molar-refractivity contribution >= 4 is 15.9 Å². The van der Waals surface area contributed by atoms with Crippen LogP contribution in [0.4, 0.5) is 0 Å². The molecule has 1 aliphatic rings. The molecule has 0 spiro atoms. The zero-order valence-corrected chi connectivity index (χ0v) is 10.9. The lowest BCUT2D eigenvalue weighted by atomic mass is 9.99. The molecule has 1 aliphatic heterocycles. The van der Waals surface area contributed by atoms with Gasteiger partial charge in [0.1, 0.15) is 0 Å². The maximum atomic E-state index is 11.8. The predicted molar refractivity (Wildman–Crippen MR) is 62.4 cm³/mol. The fourth-order valence-electron chi connectivity index (χ4n) is 1.44. The first-order chi connectivity index (χ1) is 7.24. The third-order valence-electron chi connectivity index (χ3n) is 2.71. The first-order valence-electron chi connectivity index (χ1n) is 5.51. The minimum Gasteiger partial charge on any atom is -0.316 e. The lowest BCUT2D eigenvalue weighted by Crippen LogP contribution is -2.47. The molecule has 1 rings (SSSR count). The highest BCUT2D eigenvalue weighted by atomic mass is 32.2. The summed E-state index contributed by atoms with van der Waals surface area (Å²) < 4.78 is 24.7. The number of hydrogen-bond acceptors (Lipinski definition) is 4. The van der Waals surface area contributed by atoms with E-state index in [1.54, 1.807) is 20.8 Å². The Labute approximate surface area is 97.0 Å². The van der Waals surface area contributed by atoms with E-state index in [9.17, 15) is 13.2 Å². The van der Waals surface area contributed by atoms with Crippen LogP contribution in [0.1, 0.15) is 33.6 Å². The van der Waals surface area contributed by atoms with Crippen molar-refractivity contribution in [2.24, 2.45) is 5.92 Å².